The molecule has 0 saturated heterocycles. The zero-order valence-electron chi connectivity index (χ0n) is 16.2. The van der Waals surface area contributed by atoms with Gasteiger partial charge in [0.2, 0.25) is 16.4 Å². The smallest absolute Gasteiger partial charge is 0.241 e. The number of phenolic OH excluding ortho intramolecular Hbond substituents is 1. The monoisotopic (exact) mass is 414 g/mol. The highest BCUT2D eigenvalue weighted by Gasteiger charge is 2.37. The third-order valence-corrected chi connectivity index (χ3v) is 5.31. The lowest BCUT2D eigenvalue weighted by molar-refractivity contribution is -0.0665. The molecule has 1 aliphatic heterocycles. The van der Waals surface area contributed by atoms with Gasteiger partial charge in [0.15, 0.2) is 0 Å². The van der Waals surface area contributed by atoms with Crippen LogP contribution in [0, 0.1) is 0 Å². The Morgan fingerprint density at radius 1 is 1.21 bits per heavy atom. The maximum absolute atomic E-state index is 11.6. The summed E-state index contributed by atoms with van der Waals surface area (Å²) in [5.41, 5.74) is 0.820. The predicted molar refractivity (Wildman–Crippen MR) is 106 cm³/mol. The molecule has 28 heavy (non-hydrogen) atoms. The maximum Gasteiger partial charge on any atom is 0.241 e. The number of benzene rings is 1. The molecule has 4 unspecified atom stereocenters. The molecule has 1 aliphatic rings. The quantitative estimate of drug-likeness (QED) is 0.402. The molecule has 0 fully saturated rings. The van der Waals surface area contributed by atoms with Crippen LogP contribution in [0.2, 0.25) is 0 Å². The molecular weight excluding hydrogens is 384 g/mol. The number of unbranched alkanes of at least 4 members (excludes halogenated alkanes) is 2. The van der Waals surface area contributed by atoms with Gasteiger partial charge in [-0.1, -0.05) is 38.3 Å². The number of ether oxygens (including phenoxy) is 1. The van der Waals surface area contributed by atoms with Gasteiger partial charge < -0.3 is 25.0 Å². The van der Waals surface area contributed by atoms with Gasteiger partial charge in [-0.25, -0.2) is 8.42 Å². The van der Waals surface area contributed by atoms with Crippen LogP contribution in [0.15, 0.2) is 36.7 Å². The van der Waals surface area contributed by atoms with E-state index in [9.17, 15) is 23.7 Å². The lowest BCUT2D eigenvalue weighted by atomic mass is 9.94. The number of phenols is 1. The fourth-order valence-corrected chi connectivity index (χ4v) is 3.73. The van der Waals surface area contributed by atoms with Gasteiger partial charge in [0, 0.05) is 6.20 Å². The highest BCUT2D eigenvalue weighted by Crippen LogP contribution is 2.24. The van der Waals surface area contributed by atoms with Crippen LogP contribution in [0.4, 0.5) is 0 Å². The van der Waals surface area contributed by atoms with Gasteiger partial charge in [0.05, 0.1) is 18.4 Å². The molecule has 0 bridgehead atoms. The van der Waals surface area contributed by atoms with Crippen molar-refractivity contribution in [2.75, 3.05) is 6.26 Å². The van der Waals surface area contributed by atoms with Crippen molar-refractivity contribution >= 4 is 10.0 Å². The van der Waals surface area contributed by atoms with Crippen LogP contribution in [0.3, 0.4) is 0 Å². The summed E-state index contributed by atoms with van der Waals surface area (Å²) < 4.78 is 31.0. The first kappa shape index (κ1) is 22.5. The third kappa shape index (κ3) is 6.66. The summed E-state index contributed by atoms with van der Waals surface area (Å²) in [5, 5.41) is 30.8. The number of aliphatic hydroxyl groups excluding tert-OH is 2. The largest absolute Gasteiger partial charge is 0.508 e. The fourth-order valence-electron chi connectivity index (χ4n) is 3.19. The van der Waals surface area contributed by atoms with Crippen molar-refractivity contribution in [1.29, 1.82) is 0 Å². The average molecular weight is 415 g/mol. The van der Waals surface area contributed by atoms with Crippen LogP contribution >= 0.6 is 0 Å². The normalized spacial score (nSPS) is 20.0. The Morgan fingerprint density at radius 2 is 1.89 bits per heavy atom. The minimum atomic E-state index is -3.55. The van der Waals surface area contributed by atoms with E-state index in [4.69, 9.17) is 4.74 Å². The van der Waals surface area contributed by atoms with E-state index in [0.29, 0.717) is 12.8 Å². The minimum absolute atomic E-state index is 0.126. The van der Waals surface area contributed by atoms with E-state index in [1.807, 2.05) is 0 Å². The second kappa shape index (κ2) is 10.1. The van der Waals surface area contributed by atoms with Crippen molar-refractivity contribution in [2.45, 2.75) is 63.6 Å². The standard InChI is InChI=1S/C19H30N2O6S/c1-3-4-5-6-17(23)18(24)16(13-14-7-9-15(22)10-8-14)21-11-12-27-19(21)20-28(2,25)26/h7-12,16-20,22-24H,3-6,13H2,1-2H3. The van der Waals surface area contributed by atoms with Crippen LogP contribution in [0.1, 0.15) is 38.2 Å². The van der Waals surface area contributed by atoms with Crippen LogP contribution in [-0.2, 0) is 21.2 Å². The van der Waals surface area contributed by atoms with Gasteiger partial charge in [0.25, 0.3) is 0 Å². The Bertz CT molecular complexity index is 737. The summed E-state index contributed by atoms with van der Waals surface area (Å²) in [6.45, 7) is 2.06. The van der Waals surface area contributed by atoms with E-state index in [0.717, 1.165) is 31.1 Å². The molecule has 1 aromatic carbocycles. The Morgan fingerprint density at radius 3 is 2.50 bits per heavy atom. The Hall–Kier alpha value is -1.81. The van der Waals surface area contributed by atoms with E-state index in [1.165, 1.54) is 6.26 Å². The van der Waals surface area contributed by atoms with Crippen LogP contribution in [0.25, 0.3) is 0 Å². The number of nitrogens with one attached hydrogen (secondary N) is 1. The van der Waals surface area contributed by atoms with E-state index >= 15 is 0 Å². The highest BCUT2D eigenvalue weighted by atomic mass is 32.2. The molecule has 2 rings (SSSR count). The van der Waals surface area contributed by atoms with Crippen LogP contribution in [-0.4, -0.2) is 59.5 Å². The number of sulfonamides is 1. The third-order valence-electron chi connectivity index (χ3n) is 4.68. The fraction of sp³-hybridized carbons (Fsp3) is 0.579. The zero-order chi connectivity index (χ0) is 20.7. The zero-order valence-corrected chi connectivity index (χ0v) is 17.0. The van der Waals surface area contributed by atoms with Gasteiger partial charge in [-0.3, -0.25) is 0 Å². The molecule has 0 radical (unpaired) electrons. The van der Waals surface area contributed by atoms with Gasteiger partial charge in [-0.2, -0.15) is 4.72 Å². The van der Waals surface area contributed by atoms with Crippen molar-refractivity contribution in [3.8, 4) is 5.75 Å². The Kier molecular flexibility index (Phi) is 8.11. The number of rotatable bonds is 11. The van der Waals surface area contributed by atoms with E-state index in [2.05, 4.69) is 11.6 Å². The van der Waals surface area contributed by atoms with E-state index < -0.39 is 34.6 Å². The summed E-state index contributed by atoms with van der Waals surface area (Å²) in [6.07, 6.45) is 4.36. The Labute approximate surface area is 166 Å². The summed E-state index contributed by atoms with van der Waals surface area (Å²) in [6, 6.07) is 5.88. The lowest BCUT2D eigenvalue weighted by Gasteiger charge is -2.37. The SMILES string of the molecule is CCCCCC(O)C(O)C(Cc1ccc(O)cc1)N1C=COC1NS(C)(=O)=O. The first-order chi connectivity index (χ1) is 13.2. The topological polar surface area (TPSA) is 119 Å². The van der Waals surface area contributed by atoms with Crippen molar-refractivity contribution in [2.24, 2.45) is 0 Å². The minimum Gasteiger partial charge on any atom is -0.508 e. The summed E-state index contributed by atoms with van der Waals surface area (Å²) in [5.74, 6) is 0.126. The molecule has 1 heterocycles. The van der Waals surface area contributed by atoms with E-state index in [1.54, 1.807) is 35.4 Å². The molecule has 0 aliphatic carbocycles. The Balaban J connectivity index is 2.21. The number of aromatic hydroxyl groups is 1. The predicted octanol–water partition coefficient (Wildman–Crippen LogP) is 1.24. The molecule has 4 atom stereocenters. The lowest BCUT2D eigenvalue weighted by Crippen LogP contribution is -2.55. The first-order valence-electron chi connectivity index (χ1n) is 9.42. The van der Waals surface area contributed by atoms with Gasteiger partial charge >= 0.3 is 0 Å². The summed E-state index contributed by atoms with van der Waals surface area (Å²) in [7, 11) is -3.55. The second-order valence-electron chi connectivity index (χ2n) is 7.10. The first-order valence-corrected chi connectivity index (χ1v) is 11.3. The number of hydrogen-bond acceptors (Lipinski definition) is 7. The van der Waals surface area contributed by atoms with Crippen molar-refractivity contribution < 1.29 is 28.5 Å². The van der Waals surface area contributed by atoms with Crippen molar-refractivity contribution in [3.05, 3.63) is 42.3 Å². The number of aliphatic hydroxyl groups is 2. The van der Waals surface area contributed by atoms with Crippen molar-refractivity contribution in [1.82, 2.24) is 9.62 Å². The molecule has 8 nitrogen and oxygen atoms in total. The average Bonchev–Trinajstić information content (AvgIpc) is 3.06. The van der Waals surface area contributed by atoms with E-state index in [-0.39, 0.29) is 5.75 Å². The molecule has 1 aromatic rings. The molecule has 4 N–H and O–H groups in total. The van der Waals surface area contributed by atoms with Gasteiger partial charge in [-0.15, -0.1) is 0 Å². The number of nitrogens with zero attached hydrogens (tertiary/aromatic N) is 1. The van der Waals surface area contributed by atoms with Crippen LogP contribution in [0.5, 0.6) is 5.75 Å². The summed E-state index contributed by atoms with van der Waals surface area (Å²) in [4.78, 5) is 1.56. The highest BCUT2D eigenvalue weighted by molar-refractivity contribution is 7.88. The maximum atomic E-state index is 11.6. The van der Waals surface area contributed by atoms with Gasteiger partial charge in [0.1, 0.15) is 18.1 Å². The molecule has 0 saturated carbocycles. The molecule has 0 aromatic heterocycles. The van der Waals surface area contributed by atoms with Crippen LogP contribution < -0.4 is 4.72 Å². The molecule has 9 heteroatoms. The second-order valence-corrected chi connectivity index (χ2v) is 8.88. The molecule has 0 amide bonds. The molecule has 0 spiro atoms. The van der Waals surface area contributed by atoms with Gasteiger partial charge in [-0.05, 0) is 30.5 Å². The molecule has 158 valence electrons. The van der Waals surface area contributed by atoms with Crippen molar-refractivity contribution in [3.63, 3.8) is 0 Å². The molecular formula is C19H30N2O6S. The summed E-state index contributed by atoms with van der Waals surface area (Å²) >= 11 is 0. The number of hydrogen-bond donors (Lipinski definition) is 4.